The Kier molecular flexibility index (Phi) is 7.35. The Balaban J connectivity index is 1.30. The van der Waals surface area contributed by atoms with Crippen LogP contribution in [0.5, 0.6) is 11.5 Å². The van der Waals surface area contributed by atoms with Gasteiger partial charge in [0.25, 0.3) is 0 Å². The van der Waals surface area contributed by atoms with E-state index in [2.05, 4.69) is 5.16 Å². The molecule has 0 bridgehead atoms. The highest BCUT2D eigenvalue weighted by atomic mass is 16.5. The summed E-state index contributed by atoms with van der Waals surface area (Å²) in [7, 11) is 0. The van der Waals surface area contributed by atoms with E-state index in [-0.39, 0.29) is 18.9 Å². The molecule has 0 fully saturated rings. The van der Waals surface area contributed by atoms with Crippen LogP contribution in [0.1, 0.15) is 34.7 Å². The van der Waals surface area contributed by atoms with Gasteiger partial charge in [-0.25, -0.2) is 0 Å². The van der Waals surface area contributed by atoms with Crippen molar-refractivity contribution in [1.29, 1.82) is 5.41 Å². The molecule has 4 aromatic rings. The van der Waals surface area contributed by atoms with Gasteiger partial charge in [-0.15, -0.1) is 0 Å². The second-order valence-corrected chi connectivity index (χ2v) is 7.71. The number of hydrogen-bond donors (Lipinski definition) is 2. The lowest BCUT2D eigenvalue weighted by atomic mass is 9.92. The molecule has 7 nitrogen and oxygen atoms in total. The van der Waals surface area contributed by atoms with Gasteiger partial charge in [0.15, 0.2) is 0 Å². The molecule has 0 saturated heterocycles. The number of ether oxygens (including phenoxy) is 2. The molecule has 0 amide bonds. The lowest BCUT2D eigenvalue weighted by Crippen LogP contribution is -2.11. The lowest BCUT2D eigenvalue weighted by Gasteiger charge is -2.13. The first-order valence-corrected chi connectivity index (χ1v) is 10.8. The Bertz CT molecular complexity index is 1200. The molecule has 2 N–H and O–H groups in total. The minimum absolute atomic E-state index is 0.0774. The molecule has 0 aliphatic rings. The highest BCUT2D eigenvalue weighted by molar-refractivity contribution is 5.99. The van der Waals surface area contributed by atoms with Gasteiger partial charge in [0.05, 0.1) is 17.8 Å². The lowest BCUT2D eigenvalue weighted by molar-refractivity contribution is -0.137. The summed E-state index contributed by atoms with van der Waals surface area (Å²) in [5.41, 5.74) is 3.64. The molecule has 7 heteroatoms. The van der Waals surface area contributed by atoms with E-state index >= 15 is 0 Å². The van der Waals surface area contributed by atoms with Gasteiger partial charge in [0, 0.05) is 12.0 Å². The van der Waals surface area contributed by atoms with Crippen molar-refractivity contribution < 1.29 is 23.9 Å². The Hall–Kier alpha value is -4.39. The molecule has 1 unspecified atom stereocenters. The van der Waals surface area contributed by atoms with Crippen LogP contribution in [0.15, 0.2) is 95.7 Å². The van der Waals surface area contributed by atoms with Gasteiger partial charge in [-0.1, -0.05) is 59.8 Å². The van der Waals surface area contributed by atoms with E-state index in [1.165, 1.54) is 6.26 Å². The van der Waals surface area contributed by atoms with E-state index in [9.17, 15) is 9.90 Å². The van der Waals surface area contributed by atoms with E-state index in [0.717, 1.165) is 16.7 Å². The molecule has 0 aliphatic heterocycles. The average molecular weight is 456 g/mol. The van der Waals surface area contributed by atoms with Crippen molar-refractivity contribution in [1.82, 2.24) is 5.16 Å². The van der Waals surface area contributed by atoms with Crippen molar-refractivity contribution in [3.05, 3.63) is 114 Å². The zero-order valence-corrected chi connectivity index (χ0v) is 18.4. The van der Waals surface area contributed by atoms with Gasteiger partial charge >= 0.3 is 5.97 Å². The number of nitrogens with zero attached hydrogens (tertiary/aromatic N) is 1. The Morgan fingerprint density at radius 2 is 1.59 bits per heavy atom. The normalized spacial score (nSPS) is 11.5. The Labute approximate surface area is 197 Å². The second kappa shape index (κ2) is 11.0. The summed E-state index contributed by atoms with van der Waals surface area (Å²) in [5, 5.41) is 21.3. The summed E-state index contributed by atoms with van der Waals surface area (Å²) in [6.07, 6.45) is 1.36. The fourth-order valence-corrected chi connectivity index (χ4v) is 3.49. The minimum Gasteiger partial charge on any atom is -0.489 e. The first-order chi connectivity index (χ1) is 16.6. The van der Waals surface area contributed by atoms with Crippen LogP contribution >= 0.6 is 0 Å². The van der Waals surface area contributed by atoms with Crippen LogP contribution in [0.2, 0.25) is 0 Å². The predicted molar refractivity (Wildman–Crippen MR) is 127 cm³/mol. The van der Waals surface area contributed by atoms with Gasteiger partial charge in [-0.05, 0) is 41.0 Å². The number of rotatable bonds is 11. The molecule has 1 heterocycles. The summed E-state index contributed by atoms with van der Waals surface area (Å²) in [6.45, 7) is 0.574. The number of carboxylic acids is 1. The van der Waals surface area contributed by atoms with Crippen LogP contribution in [0.4, 0.5) is 0 Å². The number of carbonyl (C=O) groups is 1. The number of nitrogens with one attached hydrogen (secondary N) is 1. The molecule has 4 rings (SSSR count). The standard InChI is InChI=1S/C27H24N2O5/c28-25(21-4-2-1-3-5-21)18-33-22-10-6-19(7-11-22)17-32-23-12-8-20(9-13-23)24(16-27(30)31)26-14-15-34-29-26/h1-15,24,28H,16-18H2,(H,30,31). The zero-order chi connectivity index (χ0) is 23.8. The van der Waals surface area contributed by atoms with Gasteiger partial charge in [0.1, 0.15) is 31.0 Å². The van der Waals surface area contributed by atoms with Crippen LogP contribution in [0, 0.1) is 5.41 Å². The third-order valence-electron chi connectivity index (χ3n) is 5.31. The number of carboxylic acid groups (broad SMARTS) is 1. The van der Waals surface area contributed by atoms with Crippen molar-refractivity contribution in [2.24, 2.45) is 0 Å². The molecular formula is C27H24N2O5. The van der Waals surface area contributed by atoms with Gasteiger partial charge in [0.2, 0.25) is 0 Å². The third kappa shape index (κ3) is 6.10. The molecule has 0 radical (unpaired) electrons. The smallest absolute Gasteiger partial charge is 0.304 e. The van der Waals surface area contributed by atoms with E-state index < -0.39 is 5.97 Å². The molecule has 0 aliphatic carbocycles. The maximum atomic E-state index is 11.3. The first-order valence-electron chi connectivity index (χ1n) is 10.8. The highest BCUT2D eigenvalue weighted by Crippen LogP contribution is 2.28. The molecule has 3 aromatic carbocycles. The van der Waals surface area contributed by atoms with Crippen molar-refractivity contribution in [3.63, 3.8) is 0 Å². The molecule has 0 spiro atoms. The molecule has 1 atom stereocenters. The summed E-state index contributed by atoms with van der Waals surface area (Å²) >= 11 is 0. The van der Waals surface area contributed by atoms with Crippen molar-refractivity contribution in [3.8, 4) is 11.5 Å². The second-order valence-electron chi connectivity index (χ2n) is 7.71. The maximum absolute atomic E-state index is 11.3. The highest BCUT2D eigenvalue weighted by Gasteiger charge is 2.20. The van der Waals surface area contributed by atoms with E-state index in [4.69, 9.17) is 19.4 Å². The van der Waals surface area contributed by atoms with Gasteiger partial charge in [-0.2, -0.15) is 0 Å². The maximum Gasteiger partial charge on any atom is 0.304 e. The number of hydrogen-bond acceptors (Lipinski definition) is 6. The van der Waals surface area contributed by atoms with Crippen LogP contribution in [0.25, 0.3) is 0 Å². The first kappa shape index (κ1) is 22.8. The monoisotopic (exact) mass is 456 g/mol. The third-order valence-corrected chi connectivity index (χ3v) is 5.31. The summed E-state index contributed by atoms with van der Waals surface area (Å²) in [6, 6.07) is 26.0. The van der Waals surface area contributed by atoms with Crippen molar-refractivity contribution in [2.45, 2.75) is 18.9 Å². The van der Waals surface area contributed by atoms with Crippen LogP contribution in [-0.2, 0) is 11.4 Å². The average Bonchev–Trinajstić information content (AvgIpc) is 3.41. The topological polar surface area (TPSA) is 106 Å². The van der Waals surface area contributed by atoms with Crippen LogP contribution in [-0.4, -0.2) is 28.6 Å². The Morgan fingerprint density at radius 3 is 2.24 bits per heavy atom. The Morgan fingerprint density at radius 1 is 0.912 bits per heavy atom. The van der Waals surface area contributed by atoms with Crippen molar-refractivity contribution in [2.75, 3.05) is 6.61 Å². The van der Waals surface area contributed by atoms with E-state index in [0.29, 0.717) is 29.5 Å². The molecule has 172 valence electrons. The molecule has 1 aromatic heterocycles. The summed E-state index contributed by atoms with van der Waals surface area (Å²) < 4.78 is 16.5. The molecular weight excluding hydrogens is 432 g/mol. The van der Waals surface area contributed by atoms with Crippen LogP contribution < -0.4 is 9.47 Å². The molecule has 34 heavy (non-hydrogen) atoms. The van der Waals surface area contributed by atoms with E-state index in [1.54, 1.807) is 6.07 Å². The fourth-order valence-electron chi connectivity index (χ4n) is 3.49. The van der Waals surface area contributed by atoms with Crippen LogP contribution in [0.3, 0.4) is 0 Å². The van der Waals surface area contributed by atoms with E-state index in [1.807, 2.05) is 78.9 Å². The fraction of sp³-hybridized carbons (Fsp3) is 0.148. The zero-order valence-electron chi connectivity index (χ0n) is 18.4. The number of aromatic nitrogens is 1. The quantitative estimate of drug-likeness (QED) is 0.296. The largest absolute Gasteiger partial charge is 0.489 e. The number of benzene rings is 3. The van der Waals surface area contributed by atoms with Gasteiger partial charge in [-0.3, -0.25) is 4.79 Å². The SMILES string of the molecule is N=C(COc1ccc(COc2ccc(C(CC(=O)O)c3ccon3)cc2)cc1)c1ccccc1. The molecule has 0 saturated carbocycles. The summed E-state index contributed by atoms with van der Waals surface area (Å²) in [5.74, 6) is 0.0691. The van der Waals surface area contributed by atoms with Crippen molar-refractivity contribution >= 4 is 11.7 Å². The minimum atomic E-state index is -0.905. The summed E-state index contributed by atoms with van der Waals surface area (Å²) in [4.78, 5) is 11.3. The predicted octanol–water partition coefficient (Wildman–Crippen LogP) is 5.31. The van der Waals surface area contributed by atoms with Gasteiger partial charge < -0.3 is 24.5 Å². The number of aliphatic carboxylic acids is 1.